The minimum Gasteiger partial charge on any atom is -0.341 e. The van der Waals surface area contributed by atoms with Gasteiger partial charge >= 0.3 is 0 Å². The first-order valence-corrected chi connectivity index (χ1v) is 7.82. The number of para-hydroxylation sites is 1. The predicted octanol–water partition coefficient (Wildman–Crippen LogP) is 2.86. The maximum Gasteiger partial charge on any atom is 0.237 e. The number of aromatic nitrogens is 4. The molecule has 22 heavy (non-hydrogen) atoms. The van der Waals surface area contributed by atoms with E-state index in [9.17, 15) is 4.79 Å². The molecule has 6 nitrogen and oxygen atoms in total. The van der Waals surface area contributed by atoms with Gasteiger partial charge in [-0.2, -0.15) is 0 Å². The summed E-state index contributed by atoms with van der Waals surface area (Å²) in [5, 5.41) is 3.43. The van der Waals surface area contributed by atoms with E-state index in [2.05, 4.69) is 25.3 Å². The summed E-state index contributed by atoms with van der Waals surface area (Å²) in [6.07, 6.45) is 3.74. The van der Waals surface area contributed by atoms with Crippen LogP contribution in [0.15, 0.2) is 48.0 Å². The van der Waals surface area contributed by atoms with E-state index in [4.69, 9.17) is 0 Å². The summed E-state index contributed by atoms with van der Waals surface area (Å²) < 4.78 is 0. The number of benzene rings is 1. The van der Waals surface area contributed by atoms with Crippen molar-refractivity contribution in [2.75, 3.05) is 5.32 Å². The van der Waals surface area contributed by atoms with Gasteiger partial charge in [-0.05, 0) is 18.6 Å². The number of anilines is 1. The first-order valence-electron chi connectivity index (χ1n) is 6.94. The summed E-state index contributed by atoms with van der Waals surface area (Å²) >= 11 is 1.42. The molecular formula is C15H15N5OS. The molecule has 0 saturated carbocycles. The van der Waals surface area contributed by atoms with Gasteiger partial charge in [0.15, 0.2) is 5.65 Å². The third-order valence-electron chi connectivity index (χ3n) is 3.15. The molecule has 2 heterocycles. The van der Waals surface area contributed by atoms with Crippen molar-refractivity contribution in [3.63, 3.8) is 0 Å². The molecule has 0 aliphatic heterocycles. The predicted molar refractivity (Wildman–Crippen MR) is 86.7 cm³/mol. The van der Waals surface area contributed by atoms with Crippen molar-refractivity contribution in [2.45, 2.75) is 23.6 Å². The van der Waals surface area contributed by atoms with Crippen LogP contribution in [0.5, 0.6) is 0 Å². The lowest BCUT2D eigenvalue weighted by atomic mass is 10.3. The van der Waals surface area contributed by atoms with E-state index in [1.165, 1.54) is 18.1 Å². The number of carbonyl (C=O) groups is 1. The summed E-state index contributed by atoms with van der Waals surface area (Å²) in [5.41, 5.74) is 2.16. The van der Waals surface area contributed by atoms with Crippen LogP contribution in [0, 0.1) is 0 Å². The number of nitrogens with zero attached hydrogens (tertiary/aromatic N) is 3. The van der Waals surface area contributed by atoms with Crippen molar-refractivity contribution in [3.05, 3.63) is 43.0 Å². The summed E-state index contributed by atoms with van der Waals surface area (Å²) in [5.74, 6) is -0.0371. The number of nitrogens with one attached hydrogen (secondary N) is 2. The fourth-order valence-corrected chi connectivity index (χ4v) is 3.01. The zero-order chi connectivity index (χ0) is 15.4. The van der Waals surface area contributed by atoms with Gasteiger partial charge in [-0.15, -0.1) is 0 Å². The second kappa shape index (κ2) is 6.57. The lowest BCUT2D eigenvalue weighted by Gasteiger charge is -2.14. The number of rotatable bonds is 5. The monoisotopic (exact) mass is 313 g/mol. The van der Waals surface area contributed by atoms with E-state index in [1.54, 1.807) is 6.33 Å². The Kier molecular flexibility index (Phi) is 4.34. The Labute approximate surface area is 131 Å². The molecule has 0 saturated heterocycles. The van der Waals surface area contributed by atoms with E-state index in [1.807, 2.05) is 37.3 Å². The van der Waals surface area contributed by atoms with E-state index in [-0.39, 0.29) is 11.2 Å². The highest BCUT2D eigenvalue weighted by atomic mass is 32.2. The highest BCUT2D eigenvalue weighted by Gasteiger charge is 2.20. The maximum atomic E-state index is 12.4. The fourth-order valence-electron chi connectivity index (χ4n) is 2.03. The van der Waals surface area contributed by atoms with E-state index >= 15 is 0 Å². The molecule has 1 aromatic carbocycles. The Hall–Kier alpha value is -2.41. The number of imidazole rings is 1. The topological polar surface area (TPSA) is 83.6 Å². The molecule has 0 fully saturated rings. The quantitative estimate of drug-likeness (QED) is 0.559. The van der Waals surface area contributed by atoms with E-state index < -0.39 is 0 Å². The zero-order valence-corrected chi connectivity index (χ0v) is 12.8. The minimum atomic E-state index is -0.235. The van der Waals surface area contributed by atoms with Crippen LogP contribution >= 0.6 is 11.8 Å². The summed E-state index contributed by atoms with van der Waals surface area (Å²) in [6.45, 7) is 1.98. The smallest absolute Gasteiger partial charge is 0.237 e. The molecule has 112 valence electrons. The van der Waals surface area contributed by atoms with Crippen LogP contribution in [0.4, 0.5) is 5.69 Å². The van der Waals surface area contributed by atoms with Crippen LogP contribution in [0.25, 0.3) is 11.2 Å². The van der Waals surface area contributed by atoms with Crippen molar-refractivity contribution in [3.8, 4) is 0 Å². The summed E-state index contributed by atoms with van der Waals surface area (Å²) in [4.78, 5) is 27.9. The largest absolute Gasteiger partial charge is 0.341 e. The molecule has 0 aliphatic rings. The zero-order valence-electron chi connectivity index (χ0n) is 12.0. The maximum absolute atomic E-state index is 12.4. The molecule has 2 aromatic heterocycles. The highest BCUT2D eigenvalue weighted by molar-refractivity contribution is 8.00. The number of amides is 1. The second-order valence-electron chi connectivity index (χ2n) is 4.65. The van der Waals surface area contributed by atoms with Crippen molar-refractivity contribution in [2.24, 2.45) is 0 Å². The Bertz CT molecular complexity index is 774. The number of thioether (sulfide) groups is 1. The number of hydrogen-bond acceptors (Lipinski definition) is 5. The molecule has 3 rings (SSSR count). The van der Waals surface area contributed by atoms with Gasteiger partial charge in [0.2, 0.25) is 5.91 Å². The molecule has 0 spiro atoms. The van der Waals surface area contributed by atoms with Crippen LogP contribution in [0.1, 0.15) is 13.3 Å². The minimum absolute atomic E-state index is 0.0371. The van der Waals surface area contributed by atoms with E-state index in [0.717, 1.165) is 16.2 Å². The summed E-state index contributed by atoms with van der Waals surface area (Å²) in [6, 6.07) is 9.43. The molecular weight excluding hydrogens is 298 g/mol. The lowest BCUT2D eigenvalue weighted by Crippen LogP contribution is -2.24. The van der Waals surface area contributed by atoms with Crippen molar-refractivity contribution in [1.29, 1.82) is 0 Å². The van der Waals surface area contributed by atoms with Crippen LogP contribution < -0.4 is 5.32 Å². The standard InChI is InChI=1S/C15H15N5OS/c1-2-11(14(21)20-10-6-4-3-5-7-10)22-15-12-13(17-8-16-12)18-9-19-15/h3-9,11H,2H2,1H3,(H,20,21)(H,16,17,18,19)/t11-/m1/s1. The third-order valence-corrected chi connectivity index (χ3v) is 4.51. The first-order chi connectivity index (χ1) is 10.8. The molecule has 1 amide bonds. The molecule has 1 atom stereocenters. The van der Waals surface area contributed by atoms with Gasteiger partial charge in [-0.25, -0.2) is 15.0 Å². The first kappa shape index (κ1) is 14.5. The van der Waals surface area contributed by atoms with Gasteiger partial charge in [-0.3, -0.25) is 4.79 Å². The number of H-pyrrole nitrogens is 1. The Morgan fingerprint density at radius 3 is 2.86 bits per heavy atom. The van der Waals surface area contributed by atoms with Crippen molar-refractivity contribution in [1.82, 2.24) is 19.9 Å². The number of hydrogen-bond donors (Lipinski definition) is 2. The SMILES string of the molecule is CC[C@@H](Sc1ncnc2nc[nH]c12)C(=O)Nc1ccccc1. The normalized spacial score (nSPS) is 12.2. The van der Waals surface area contributed by atoms with Crippen LogP contribution in [0.2, 0.25) is 0 Å². The Morgan fingerprint density at radius 2 is 2.09 bits per heavy atom. The number of fused-ring (bicyclic) bond motifs is 1. The van der Waals surface area contributed by atoms with Crippen molar-refractivity contribution < 1.29 is 4.79 Å². The molecule has 3 aromatic rings. The molecule has 2 N–H and O–H groups in total. The second-order valence-corrected chi connectivity index (χ2v) is 5.84. The number of aromatic amines is 1. The van der Waals surface area contributed by atoms with Crippen LogP contribution in [-0.2, 0) is 4.79 Å². The molecule has 0 radical (unpaired) electrons. The fraction of sp³-hybridized carbons (Fsp3) is 0.200. The third kappa shape index (κ3) is 3.09. The molecule has 0 unspecified atom stereocenters. The lowest BCUT2D eigenvalue weighted by molar-refractivity contribution is -0.115. The average molecular weight is 313 g/mol. The van der Waals surface area contributed by atoms with Gasteiger partial charge in [0.05, 0.1) is 11.6 Å². The molecule has 0 aliphatic carbocycles. The van der Waals surface area contributed by atoms with Crippen LogP contribution in [-0.4, -0.2) is 31.1 Å². The Morgan fingerprint density at radius 1 is 1.27 bits per heavy atom. The molecule has 7 heteroatoms. The van der Waals surface area contributed by atoms with Gasteiger partial charge < -0.3 is 10.3 Å². The highest BCUT2D eigenvalue weighted by Crippen LogP contribution is 2.28. The number of carbonyl (C=O) groups excluding carboxylic acids is 1. The van der Waals surface area contributed by atoms with Gasteiger partial charge in [0.1, 0.15) is 16.9 Å². The molecule has 0 bridgehead atoms. The van der Waals surface area contributed by atoms with Gasteiger partial charge in [-0.1, -0.05) is 36.9 Å². The Balaban J connectivity index is 1.77. The van der Waals surface area contributed by atoms with Crippen LogP contribution in [0.3, 0.4) is 0 Å². The van der Waals surface area contributed by atoms with E-state index in [0.29, 0.717) is 12.1 Å². The van der Waals surface area contributed by atoms with Gasteiger partial charge in [0.25, 0.3) is 0 Å². The van der Waals surface area contributed by atoms with Gasteiger partial charge in [0, 0.05) is 5.69 Å². The summed E-state index contributed by atoms with van der Waals surface area (Å²) in [7, 11) is 0. The van der Waals surface area contributed by atoms with Crippen molar-refractivity contribution >= 4 is 34.5 Å². The average Bonchev–Trinajstić information content (AvgIpc) is 3.02.